The Bertz CT molecular complexity index is 872. The lowest BCUT2D eigenvalue weighted by molar-refractivity contribution is 0.0697. The second-order valence-electron chi connectivity index (χ2n) is 5.38. The first-order valence-electron chi connectivity index (χ1n) is 7.30. The van der Waals surface area contributed by atoms with Crippen molar-refractivity contribution in [3.8, 4) is 16.8 Å². The maximum atomic E-state index is 11.5. The Labute approximate surface area is 138 Å². The summed E-state index contributed by atoms with van der Waals surface area (Å²) in [6.45, 7) is 2.23. The zero-order chi connectivity index (χ0) is 17.1. The number of hydrogen-bond donors (Lipinski definition) is 1. The molecule has 0 saturated heterocycles. The highest BCUT2D eigenvalue weighted by Crippen LogP contribution is 2.25. The largest absolute Gasteiger partial charge is 0.478 e. The highest BCUT2D eigenvalue weighted by Gasteiger charge is 2.13. The molecule has 1 heterocycles. The maximum Gasteiger partial charge on any atom is 0.335 e. The zero-order valence-corrected chi connectivity index (χ0v) is 13.3. The molecule has 122 valence electrons. The molecule has 0 unspecified atom stereocenters. The van der Waals surface area contributed by atoms with Crippen molar-refractivity contribution in [2.24, 2.45) is 0 Å². The maximum absolute atomic E-state index is 11.5. The molecule has 0 aliphatic rings. The molecule has 0 aliphatic carbocycles. The second-order valence-corrected chi connectivity index (χ2v) is 5.38. The van der Waals surface area contributed by atoms with E-state index >= 15 is 0 Å². The third-order valence-corrected chi connectivity index (χ3v) is 3.60. The van der Waals surface area contributed by atoms with Crippen molar-refractivity contribution in [3.05, 3.63) is 59.4 Å². The number of aryl methyl sites for hydroxylation is 1. The van der Waals surface area contributed by atoms with Gasteiger partial charge in [-0.1, -0.05) is 29.8 Å². The summed E-state index contributed by atoms with van der Waals surface area (Å²) in [4.78, 5) is 11.5. The lowest BCUT2D eigenvalue weighted by atomic mass is 10.0. The minimum atomic E-state index is -1.01. The molecule has 0 spiro atoms. The number of rotatable bonds is 5. The van der Waals surface area contributed by atoms with Crippen molar-refractivity contribution in [1.82, 2.24) is 20.2 Å². The number of tetrazole rings is 1. The van der Waals surface area contributed by atoms with Gasteiger partial charge in [0.05, 0.1) is 11.3 Å². The summed E-state index contributed by atoms with van der Waals surface area (Å²) < 4.78 is 6.55. The molecule has 2 aromatic carbocycles. The number of aromatic nitrogens is 4. The Balaban J connectivity index is 2.14. The smallest absolute Gasteiger partial charge is 0.335 e. The fraction of sp³-hybridized carbons (Fsp3) is 0.176. The van der Waals surface area contributed by atoms with Gasteiger partial charge < -0.3 is 9.84 Å². The Kier molecular flexibility index (Phi) is 4.35. The lowest BCUT2D eigenvalue weighted by Crippen LogP contribution is -2.07. The first-order valence-corrected chi connectivity index (χ1v) is 7.30. The molecule has 0 fully saturated rings. The number of carbonyl (C=O) groups is 1. The predicted molar refractivity (Wildman–Crippen MR) is 87.0 cm³/mol. The monoisotopic (exact) mass is 324 g/mol. The summed E-state index contributed by atoms with van der Waals surface area (Å²) in [6.07, 6.45) is 0. The summed E-state index contributed by atoms with van der Waals surface area (Å²) in [5.74, 6) is -0.513. The molecule has 0 aliphatic heterocycles. The van der Waals surface area contributed by atoms with E-state index in [9.17, 15) is 9.90 Å². The lowest BCUT2D eigenvalue weighted by Gasteiger charge is -2.09. The Morgan fingerprint density at radius 3 is 2.58 bits per heavy atom. The minimum absolute atomic E-state index is 0.168. The number of hydrogen-bond acceptors (Lipinski definition) is 5. The van der Waals surface area contributed by atoms with E-state index in [4.69, 9.17) is 4.74 Å². The van der Waals surface area contributed by atoms with Gasteiger partial charge in [-0.3, -0.25) is 0 Å². The molecule has 3 aromatic rings. The number of benzene rings is 2. The van der Waals surface area contributed by atoms with Gasteiger partial charge in [0, 0.05) is 7.11 Å². The van der Waals surface area contributed by atoms with E-state index in [0.29, 0.717) is 11.5 Å². The second kappa shape index (κ2) is 6.59. The summed E-state index contributed by atoms with van der Waals surface area (Å²) >= 11 is 0. The van der Waals surface area contributed by atoms with Gasteiger partial charge in [-0.15, -0.1) is 5.10 Å². The SMILES string of the molecule is COCc1nnnn1-c1cc(C(=O)O)cc(-c2ccc(C)cc2)c1. The van der Waals surface area contributed by atoms with E-state index in [1.165, 1.54) is 10.7 Å². The van der Waals surface area contributed by atoms with Gasteiger partial charge in [-0.05, 0) is 46.7 Å². The van der Waals surface area contributed by atoms with Crippen LogP contribution in [0.5, 0.6) is 0 Å². The molecule has 24 heavy (non-hydrogen) atoms. The Hall–Kier alpha value is -3.06. The van der Waals surface area contributed by atoms with Crippen molar-refractivity contribution in [2.45, 2.75) is 13.5 Å². The molecule has 0 radical (unpaired) electrons. The fourth-order valence-electron chi connectivity index (χ4n) is 2.39. The molecular weight excluding hydrogens is 308 g/mol. The van der Waals surface area contributed by atoms with Crippen molar-refractivity contribution >= 4 is 5.97 Å². The number of carboxylic acids is 1. The number of aromatic carboxylic acids is 1. The van der Waals surface area contributed by atoms with Crippen molar-refractivity contribution in [2.75, 3.05) is 7.11 Å². The van der Waals surface area contributed by atoms with Gasteiger partial charge >= 0.3 is 5.97 Å². The van der Waals surface area contributed by atoms with Crippen LogP contribution in [0.25, 0.3) is 16.8 Å². The molecule has 1 aromatic heterocycles. The number of carboxylic acid groups (broad SMARTS) is 1. The third kappa shape index (κ3) is 3.16. The molecule has 3 rings (SSSR count). The molecule has 1 N–H and O–H groups in total. The van der Waals surface area contributed by atoms with Crippen LogP contribution in [0.15, 0.2) is 42.5 Å². The summed E-state index contributed by atoms with van der Waals surface area (Å²) in [6, 6.07) is 12.9. The Morgan fingerprint density at radius 2 is 1.92 bits per heavy atom. The number of ether oxygens (including phenoxy) is 1. The van der Waals surface area contributed by atoms with E-state index in [2.05, 4.69) is 15.5 Å². The average molecular weight is 324 g/mol. The summed E-state index contributed by atoms with van der Waals surface area (Å²) in [7, 11) is 1.55. The van der Waals surface area contributed by atoms with Crippen LogP contribution < -0.4 is 0 Å². The van der Waals surface area contributed by atoms with Crippen LogP contribution in [0.3, 0.4) is 0 Å². The van der Waals surface area contributed by atoms with Crippen LogP contribution in [-0.2, 0) is 11.3 Å². The van der Waals surface area contributed by atoms with Gasteiger partial charge in [-0.25, -0.2) is 4.79 Å². The summed E-state index contributed by atoms with van der Waals surface area (Å²) in [5, 5.41) is 20.9. The van der Waals surface area contributed by atoms with Gasteiger partial charge in [0.25, 0.3) is 0 Å². The topological polar surface area (TPSA) is 90.1 Å². The van der Waals surface area contributed by atoms with Crippen molar-refractivity contribution in [1.29, 1.82) is 0 Å². The van der Waals surface area contributed by atoms with E-state index in [0.717, 1.165) is 16.7 Å². The molecule has 0 bridgehead atoms. The first kappa shape index (κ1) is 15.8. The average Bonchev–Trinajstić information content (AvgIpc) is 3.04. The van der Waals surface area contributed by atoms with Crippen LogP contribution in [0.4, 0.5) is 0 Å². The quantitative estimate of drug-likeness (QED) is 0.775. The number of nitrogens with zero attached hydrogens (tertiary/aromatic N) is 4. The fourth-order valence-corrected chi connectivity index (χ4v) is 2.39. The van der Waals surface area contributed by atoms with Crippen LogP contribution in [0.2, 0.25) is 0 Å². The normalized spacial score (nSPS) is 10.8. The number of methoxy groups -OCH3 is 1. The molecule has 0 saturated carbocycles. The molecular formula is C17H16N4O3. The van der Waals surface area contributed by atoms with E-state index in [-0.39, 0.29) is 12.2 Å². The van der Waals surface area contributed by atoms with E-state index in [1.807, 2.05) is 37.3 Å². The van der Waals surface area contributed by atoms with Crippen LogP contribution >= 0.6 is 0 Å². The minimum Gasteiger partial charge on any atom is -0.478 e. The van der Waals surface area contributed by atoms with Crippen LogP contribution in [-0.4, -0.2) is 38.4 Å². The van der Waals surface area contributed by atoms with Crippen molar-refractivity contribution in [3.63, 3.8) is 0 Å². The highest BCUT2D eigenvalue weighted by molar-refractivity contribution is 5.90. The van der Waals surface area contributed by atoms with E-state index in [1.54, 1.807) is 13.2 Å². The van der Waals surface area contributed by atoms with Crippen LogP contribution in [0.1, 0.15) is 21.7 Å². The van der Waals surface area contributed by atoms with Gasteiger partial charge in [0.15, 0.2) is 5.82 Å². The predicted octanol–water partition coefficient (Wildman–Crippen LogP) is 2.48. The van der Waals surface area contributed by atoms with Gasteiger partial charge in [0.1, 0.15) is 6.61 Å². The van der Waals surface area contributed by atoms with Gasteiger partial charge in [-0.2, -0.15) is 4.68 Å². The van der Waals surface area contributed by atoms with E-state index < -0.39 is 5.97 Å². The molecule has 0 atom stereocenters. The Morgan fingerprint density at radius 1 is 1.17 bits per heavy atom. The molecule has 7 nitrogen and oxygen atoms in total. The van der Waals surface area contributed by atoms with Crippen molar-refractivity contribution < 1.29 is 14.6 Å². The van der Waals surface area contributed by atoms with Gasteiger partial charge in [0.2, 0.25) is 0 Å². The third-order valence-electron chi connectivity index (χ3n) is 3.60. The molecule has 0 amide bonds. The zero-order valence-electron chi connectivity index (χ0n) is 13.3. The first-order chi connectivity index (χ1) is 11.6. The summed E-state index contributed by atoms with van der Waals surface area (Å²) in [5.41, 5.74) is 3.58. The highest BCUT2D eigenvalue weighted by atomic mass is 16.5. The standard InChI is InChI=1S/C17H16N4O3/c1-11-3-5-12(6-4-11)13-7-14(17(22)23)9-15(8-13)21-16(10-24-2)18-19-20-21/h3-9H,10H2,1-2H3,(H,22,23). The molecule has 7 heteroatoms. The van der Waals surface area contributed by atoms with Crippen LogP contribution in [0, 0.1) is 6.92 Å².